The van der Waals surface area contributed by atoms with Crippen LogP contribution < -0.4 is 0 Å². The molecule has 0 radical (unpaired) electrons. The zero-order valence-corrected chi connectivity index (χ0v) is 36.5. The summed E-state index contributed by atoms with van der Waals surface area (Å²) in [6.45, 7) is 20.6. The van der Waals surface area contributed by atoms with Crippen molar-refractivity contribution in [3.05, 3.63) is 59.8 Å². The smallest absolute Gasteiger partial charge is 0.311 e. The summed E-state index contributed by atoms with van der Waals surface area (Å²) in [6.07, 6.45) is 3.22. The average Bonchev–Trinajstić information content (AvgIpc) is 3.19. The lowest BCUT2D eigenvalue weighted by molar-refractivity contribution is -0.298. The number of benzene rings is 1. The van der Waals surface area contributed by atoms with Gasteiger partial charge in [0.1, 0.15) is 23.6 Å². The number of aliphatic hydroxyl groups is 2. The van der Waals surface area contributed by atoms with Crippen molar-refractivity contribution in [1.29, 1.82) is 0 Å². The zero-order valence-electron chi connectivity index (χ0n) is 36.5. The molecule has 57 heavy (non-hydrogen) atoms. The van der Waals surface area contributed by atoms with Gasteiger partial charge in [0, 0.05) is 50.0 Å². The molecular formula is C46H69NO10. The van der Waals surface area contributed by atoms with Crippen LogP contribution in [0.1, 0.15) is 101 Å². The first kappa shape index (κ1) is 46.7. The highest BCUT2D eigenvalue weighted by molar-refractivity contribution is 5.84. The number of rotatable bonds is 10. The number of carbonyl (C=O) groups is 2. The van der Waals surface area contributed by atoms with Gasteiger partial charge in [-0.1, -0.05) is 69.7 Å². The lowest BCUT2D eigenvalue weighted by atomic mass is 9.67. The number of hydrogen-bond donors (Lipinski definition) is 2. The quantitative estimate of drug-likeness (QED) is 0.182. The first-order valence-electron chi connectivity index (χ1n) is 20.6. The van der Waals surface area contributed by atoms with Crippen molar-refractivity contribution in [2.45, 2.75) is 149 Å². The van der Waals surface area contributed by atoms with Crippen LogP contribution in [0.15, 0.2) is 54.3 Å². The Morgan fingerprint density at radius 1 is 1.00 bits per heavy atom. The molecule has 1 aromatic carbocycles. The summed E-state index contributed by atoms with van der Waals surface area (Å²) in [5.74, 6) is -3.46. The lowest BCUT2D eigenvalue weighted by Crippen LogP contribution is -2.59. The largest absolute Gasteiger partial charge is 0.459 e. The van der Waals surface area contributed by atoms with Crippen LogP contribution in [0.4, 0.5) is 0 Å². The van der Waals surface area contributed by atoms with E-state index in [0.717, 1.165) is 22.0 Å². The lowest BCUT2D eigenvalue weighted by Gasteiger charge is -2.49. The number of pyridine rings is 1. The normalized spacial score (nSPS) is 39.3. The number of para-hydroxylation sites is 1. The molecule has 2 aromatic rings. The average molecular weight is 796 g/mol. The third kappa shape index (κ3) is 10.2. The number of fused-ring (bicyclic) bond motifs is 1. The SMILES string of the molecule is C/C=C(/C)[C@@H]1[C@@H](C)[C@H](O[C@H]2C[C@@](C)(OC)[C@@H](O)[C@H](C)O2)[C@@H](C)C(=O)O[C@H](CC)[C@@](C)(O)[C@H](OC/C=C/c2cnc3ccccc3c2)[C@@H](C)C(=O)[C@H](C)C[C@@]1(C)OC. The highest BCUT2D eigenvalue weighted by Crippen LogP contribution is 2.45. The molecule has 2 aliphatic rings. The molecule has 2 N–H and O–H groups in total. The fourth-order valence-electron chi connectivity index (χ4n) is 9.45. The second kappa shape index (κ2) is 19.4. The molecule has 11 nitrogen and oxygen atoms in total. The van der Waals surface area contributed by atoms with E-state index in [1.54, 1.807) is 48.1 Å². The van der Waals surface area contributed by atoms with E-state index in [4.69, 9.17) is 28.4 Å². The molecule has 14 atom stereocenters. The number of ether oxygens (including phenoxy) is 6. The molecule has 3 heterocycles. The number of aliphatic hydroxyl groups excluding tert-OH is 1. The van der Waals surface area contributed by atoms with Gasteiger partial charge < -0.3 is 38.6 Å². The van der Waals surface area contributed by atoms with Gasteiger partial charge in [0.2, 0.25) is 0 Å². The second-order valence-electron chi connectivity index (χ2n) is 17.2. The minimum Gasteiger partial charge on any atom is -0.459 e. The van der Waals surface area contributed by atoms with Gasteiger partial charge in [0.05, 0.1) is 47.6 Å². The summed E-state index contributed by atoms with van der Waals surface area (Å²) < 4.78 is 37.9. The van der Waals surface area contributed by atoms with Crippen molar-refractivity contribution in [3.8, 4) is 0 Å². The minimum absolute atomic E-state index is 0.0844. The van der Waals surface area contributed by atoms with Gasteiger partial charge in [-0.05, 0) is 84.9 Å². The molecule has 2 fully saturated rings. The summed E-state index contributed by atoms with van der Waals surface area (Å²) in [4.78, 5) is 33.5. The number of aromatic nitrogens is 1. The summed E-state index contributed by atoms with van der Waals surface area (Å²) in [6, 6.07) is 9.90. The predicted molar refractivity (Wildman–Crippen MR) is 221 cm³/mol. The van der Waals surface area contributed by atoms with E-state index in [0.29, 0.717) is 6.42 Å². The highest BCUT2D eigenvalue weighted by atomic mass is 16.7. The molecule has 0 amide bonds. The maximum Gasteiger partial charge on any atom is 0.311 e. The summed E-state index contributed by atoms with van der Waals surface area (Å²) in [7, 11) is 3.20. The summed E-state index contributed by atoms with van der Waals surface area (Å²) in [5.41, 5.74) is -0.817. The summed E-state index contributed by atoms with van der Waals surface area (Å²) >= 11 is 0. The van der Waals surface area contributed by atoms with Gasteiger partial charge >= 0.3 is 5.97 Å². The number of nitrogens with zero attached hydrogens (tertiary/aromatic N) is 1. The second-order valence-corrected chi connectivity index (χ2v) is 17.2. The van der Waals surface area contributed by atoms with Crippen LogP contribution in [0.25, 0.3) is 17.0 Å². The van der Waals surface area contributed by atoms with Gasteiger partial charge in [-0.25, -0.2) is 0 Å². The van der Waals surface area contributed by atoms with E-state index >= 15 is 0 Å². The minimum atomic E-state index is -1.77. The standard InChI is InChI=1S/C46H69NO10/c1-14-27(3)38-29(5)40(57-37-25-45(10,53-13)41(49)32(8)55-37)31(7)43(50)56-36(15-2)46(11,51)42(30(6)39(48)28(4)24-44(38,9)52-12)54-22-18-19-33-23-34-20-16-17-21-35(34)47-26-33/h14,16-21,23,26,28-32,36-38,40-42,49,51H,15,22,24-25H2,1-13H3/b19-18+,27-14-/t28-,29-,30+,31-,32+,36-,37+,38-,40+,41+,42-,44-,45-,46-/m1/s1. The molecular weight excluding hydrogens is 727 g/mol. The number of ketones is 1. The molecule has 318 valence electrons. The third-order valence-electron chi connectivity index (χ3n) is 13.0. The zero-order chi connectivity index (χ0) is 42.5. The van der Waals surface area contributed by atoms with E-state index in [-0.39, 0.29) is 37.1 Å². The van der Waals surface area contributed by atoms with Crippen molar-refractivity contribution >= 4 is 28.7 Å². The Morgan fingerprint density at radius 3 is 2.30 bits per heavy atom. The fraction of sp³-hybridized carbons (Fsp3) is 0.674. The number of cyclic esters (lactones) is 1. The molecule has 1 aromatic heterocycles. The van der Waals surface area contributed by atoms with E-state index in [2.05, 4.69) is 4.98 Å². The molecule has 0 aliphatic carbocycles. The highest BCUT2D eigenvalue weighted by Gasteiger charge is 2.53. The van der Waals surface area contributed by atoms with Gasteiger partial charge in [-0.2, -0.15) is 0 Å². The van der Waals surface area contributed by atoms with E-state index in [1.807, 2.05) is 97.0 Å². The van der Waals surface area contributed by atoms with Crippen LogP contribution in [0.2, 0.25) is 0 Å². The molecule has 2 saturated heterocycles. The van der Waals surface area contributed by atoms with Crippen molar-refractivity contribution in [2.24, 2.45) is 29.6 Å². The predicted octanol–water partition coefficient (Wildman–Crippen LogP) is 7.50. The molecule has 0 saturated carbocycles. The number of hydrogen-bond acceptors (Lipinski definition) is 11. The number of Topliss-reactive ketones (excluding diaryl/α,β-unsaturated/α-hetero) is 1. The van der Waals surface area contributed by atoms with Gasteiger partial charge in [-0.15, -0.1) is 0 Å². The van der Waals surface area contributed by atoms with E-state index in [9.17, 15) is 19.8 Å². The molecule has 11 heteroatoms. The van der Waals surface area contributed by atoms with E-state index in [1.165, 1.54) is 0 Å². The Kier molecular flexibility index (Phi) is 15.8. The van der Waals surface area contributed by atoms with Crippen molar-refractivity contribution in [1.82, 2.24) is 4.98 Å². The van der Waals surface area contributed by atoms with Crippen molar-refractivity contribution in [3.63, 3.8) is 0 Å². The number of esters is 1. The third-order valence-corrected chi connectivity index (χ3v) is 13.0. The molecule has 0 spiro atoms. The Morgan fingerprint density at radius 2 is 1.67 bits per heavy atom. The van der Waals surface area contributed by atoms with Crippen LogP contribution >= 0.6 is 0 Å². The first-order valence-corrected chi connectivity index (χ1v) is 20.6. The summed E-state index contributed by atoms with van der Waals surface area (Å²) in [5, 5.41) is 24.4. The Labute approximate surface area is 340 Å². The first-order chi connectivity index (χ1) is 26.8. The van der Waals surface area contributed by atoms with Crippen LogP contribution in [-0.2, 0) is 38.0 Å². The van der Waals surface area contributed by atoms with Crippen molar-refractivity contribution < 1.29 is 48.2 Å². The topological polar surface area (TPSA) is 143 Å². The van der Waals surface area contributed by atoms with E-state index < -0.39 is 77.3 Å². The molecule has 2 aliphatic heterocycles. The Hall–Kier alpha value is -3.03. The molecule has 4 rings (SSSR count). The fourth-order valence-corrected chi connectivity index (χ4v) is 9.45. The van der Waals surface area contributed by atoms with Crippen LogP contribution in [0, 0.1) is 29.6 Å². The van der Waals surface area contributed by atoms with Crippen LogP contribution in [0.5, 0.6) is 0 Å². The molecule has 0 unspecified atom stereocenters. The number of methoxy groups -OCH3 is 2. The number of carbonyl (C=O) groups excluding carboxylic acids is 2. The van der Waals surface area contributed by atoms with Crippen LogP contribution in [-0.4, -0.2) is 101 Å². The maximum atomic E-state index is 14.5. The van der Waals surface area contributed by atoms with Crippen LogP contribution in [0.3, 0.4) is 0 Å². The monoisotopic (exact) mass is 795 g/mol. The molecule has 0 bridgehead atoms. The van der Waals surface area contributed by atoms with Gasteiger partial charge in [-0.3, -0.25) is 14.6 Å². The Bertz CT molecular complexity index is 1730. The van der Waals surface area contributed by atoms with Gasteiger partial charge in [0.25, 0.3) is 0 Å². The maximum absolute atomic E-state index is 14.5. The Balaban J connectivity index is 1.75. The number of allylic oxidation sites excluding steroid dienone is 1. The van der Waals surface area contributed by atoms with Gasteiger partial charge in [0.15, 0.2) is 6.29 Å². The van der Waals surface area contributed by atoms with Crippen molar-refractivity contribution in [2.75, 3.05) is 20.8 Å².